The topological polar surface area (TPSA) is 374 Å². The Bertz CT molecular complexity index is 1110. The van der Waals surface area contributed by atoms with E-state index < -0.39 is 154 Å². The molecule has 0 aliphatic carbocycles. The third kappa shape index (κ3) is 8.30. The minimum atomic E-state index is -2.12. The van der Waals surface area contributed by atoms with Gasteiger partial charge in [0.15, 0.2) is 31.3 Å². The molecule has 49 heavy (non-hydrogen) atoms. The van der Waals surface area contributed by atoms with Crippen LogP contribution in [0.5, 0.6) is 0 Å². The summed E-state index contributed by atoms with van der Waals surface area (Å²) >= 11 is 0. The molecule has 0 radical (unpaired) electrons. The summed E-state index contributed by atoms with van der Waals surface area (Å²) in [6, 6.07) is -1.63. The quantitative estimate of drug-likeness (QED) is 0.0941. The number of nitrogens with one attached hydrogen (secondary N) is 1. The number of carboxylic acids is 1. The number of rotatable bonds is 11. The zero-order chi connectivity index (χ0) is 36.5. The first kappa shape index (κ1) is 40.0. The average Bonchev–Trinajstić information content (AvgIpc) is 3.05. The Kier molecular flexibility index (Phi) is 13.6. The largest absolute Gasteiger partial charge is 0.479 e. The zero-order valence-electron chi connectivity index (χ0n) is 25.7. The molecule has 1 amide bonds. The van der Waals surface area contributed by atoms with Crippen molar-refractivity contribution in [3.63, 3.8) is 0 Å². The number of ether oxygens (including phenoxy) is 7. The Morgan fingerprint density at radius 1 is 0.551 bits per heavy atom. The maximum atomic E-state index is 12.1. The van der Waals surface area contributed by atoms with Crippen molar-refractivity contribution in [3.05, 3.63) is 0 Å². The molecule has 0 saturated carbocycles. The number of amides is 1. The number of hydrogen-bond donors (Lipinski definition) is 14. The molecule has 4 aliphatic heterocycles. The molecule has 284 valence electrons. The standard InChI is InChI=1S/C26H43NO22/c1-5(31)27-9-12(34)18(8(4-30)45-24(9)49-21-14(36)10(32)6(2-28)43-23(21)42)46-26-17(39)19(11(33)7(3-29)44-26)47-25-16(38)13(35)15(37)20(48-25)22(40)41/h6-21,23-26,28-30,32-39,42H,2-4H2,1H3,(H,27,31)(H,40,41)/t6-,7-,8-,9-,10-,11+,12-,13+,14+,15+,16-,17-,18-,19+,20+,21+,23?,24+,25-,26+/m1/s1. The lowest BCUT2D eigenvalue weighted by Gasteiger charge is -2.49. The van der Waals surface area contributed by atoms with Crippen LogP contribution in [0, 0.1) is 0 Å². The van der Waals surface area contributed by atoms with E-state index in [1.807, 2.05) is 0 Å². The third-order valence-corrected chi connectivity index (χ3v) is 8.57. The monoisotopic (exact) mass is 721 g/mol. The van der Waals surface area contributed by atoms with Crippen LogP contribution >= 0.6 is 0 Å². The van der Waals surface area contributed by atoms with Gasteiger partial charge in [0.05, 0.1) is 19.8 Å². The second-order valence-electron chi connectivity index (χ2n) is 11.9. The molecule has 0 bridgehead atoms. The molecule has 0 aromatic heterocycles. The van der Waals surface area contributed by atoms with E-state index in [9.17, 15) is 76.0 Å². The summed E-state index contributed by atoms with van der Waals surface area (Å²) in [5, 5.41) is 136. The summed E-state index contributed by atoms with van der Waals surface area (Å²) in [6.45, 7) is -1.65. The van der Waals surface area contributed by atoms with E-state index in [-0.39, 0.29) is 0 Å². The summed E-state index contributed by atoms with van der Waals surface area (Å²) in [4.78, 5) is 23.6. The Morgan fingerprint density at radius 2 is 1.08 bits per heavy atom. The number of carbonyl (C=O) groups is 2. The van der Waals surface area contributed by atoms with Gasteiger partial charge >= 0.3 is 5.97 Å². The van der Waals surface area contributed by atoms with Gasteiger partial charge in [-0.05, 0) is 0 Å². The number of aliphatic hydroxyl groups excluding tert-OH is 12. The highest BCUT2D eigenvalue weighted by molar-refractivity contribution is 5.73. The molecule has 0 aromatic rings. The SMILES string of the molecule is CC(=O)N[C@H]1[C@H](O[C@@H]2C(O)O[C@H](CO)[C@@H](O)[C@@H]2O)O[C@H](CO)[C@@H](O[C@@H]2O[C@H](CO)[C@H](O)[C@H](O[C@@H]3O[C@H](C(=O)O)[C@@H](O)[C@H](O)[C@H]3O)[C@H]2O)[C@@H]1O. The van der Waals surface area contributed by atoms with Gasteiger partial charge in [0.2, 0.25) is 5.91 Å². The minimum Gasteiger partial charge on any atom is -0.479 e. The summed E-state index contributed by atoms with van der Waals surface area (Å²) in [5.41, 5.74) is 0. The van der Waals surface area contributed by atoms with E-state index in [1.165, 1.54) is 0 Å². The maximum Gasteiger partial charge on any atom is 0.335 e. The van der Waals surface area contributed by atoms with Crippen molar-refractivity contribution in [1.82, 2.24) is 5.32 Å². The minimum absolute atomic E-state index is 0.771. The molecule has 0 spiro atoms. The number of carbonyl (C=O) groups excluding carboxylic acids is 1. The smallest absolute Gasteiger partial charge is 0.335 e. The van der Waals surface area contributed by atoms with Crippen molar-refractivity contribution in [3.8, 4) is 0 Å². The fourth-order valence-corrected chi connectivity index (χ4v) is 5.91. The molecule has 4 aliphatic rings. The van der Waals surface area contributed by atoms with Crippen LogP contribution in [0.25, 0.3) is 0 Å². The van der Waals surface area contributed by atoms with Gasteiger partial charge in [-0.15, -0.1) is 0 Å². The summed E-state index contributed by atoms with van der Waals surface area (Å²) in [7, 11) is 0. The van der Waals surface area contributed by atoms with Crippen molar-refractivity contribution in [2.75, 3.05) is 19.8 Å². The van der Waals surface area contributed by atoms with Crippen LogP contribution in [-0.4, -0.2) is 221 Å². The molecule has 14 N–H and O–H groups in total. The molecule has 23 nitrogen and oxygen atoms in total. The van der Waals surface area contributed by atoms with Crippen LogP contribution in [0.2, 0.25) is 0 Å². The second kappa shape index (κ2) is 16.7. The molecular weight excluding hydrogens is 678 g/mol. The van der Waals surface area contributed by atoms with Crippen LogP contribution in [0.4, 0.5) is 0 Å². The van der Waals surface area contributed by atoms with E-state index in [1.54, 1.807) is 0 Å². The van der Waals surface area contributed by atoms with Gasteiger partial charge in [0, 0.05) is 6.92 Å². The fourth-order valence-electron chi connectivity index (χ4n) is 5.91. The van der Waals surface area contributed by atoms with E-state index in [0.717, 1.165) is 6.92 Å². The van der Waals surface area contributed by atoms with Crippen molar-refractivity contribution in [2.24, 2.45) is 0 Å². The molecule has 23 heteroatoms. The van der Waals surface area contributed by atoms with Crippen molar-refractivity contribution < 1.29 is 109 Å². The second-order valence-corrected chi connectivity index (χ2v) is 11.9. The van der Waals surface area contributed by atoms with Gasteiger partial charge in [0.1, 0.15) is 91.5 Å². The molecule has 0 aromatic carbocycles. The number of aliphatic hydroxyl groups is 12. The van der Waals surface area contributed by atoms with E-state index in [4.69, 9.17) is 33.2 Å². The maximum absolute atomic E-state index is 12.1. The lowest BCUT2D eigenvalue weighted by molar-refractivity contribution is -0.381. The predicted molar refractivity (Wildman–Crippen MR) is 146 cm³/mol. The normalized spacial score (nSPS) is 49.3. The van der Waals surface area contributed by atoms with Crippen molar-refractivity contribution in [2.45, 2.75) is 130 Å². The fraction of sp³-hybridized carbons (Fsp3) is 0.923. The molecular formula is C26H43NO22. The van der Waals surface area contributed by atoms with Crippen LogP contribution < -0.4 is 5.32 Å². The molecule has 4 heterocycles. The highest BCUT2D eigenvalue weighted by Crippen LogP contribution is 2.34. The predicted octanol–water partition coefficient (Wildman–Crippen LogP) is -9.51. The highest BCUT2D eigenvalue weighted by Gasteiger charge is 2.56. The molecule has 4 saturated heterocycles. The number of carboxylic acid groups (broad SMARTS) is 1. The lowest BCUT2D eigenvalue weighted by atomic mass is 9.94. The van der Waals surface area contributed by atoms with Gasteiger partial charge in [-0.25, -0.2) is 4.79 Å². The molecule has 4 fully saturated rings. The first-order valence-corrected chi connectivity index (χ1v) is 15.1. The number of aliphatic carboxylic acids is 1. The average molecular weight is 722 g/mol. The molecule has 1 unspecified atom stereocenters. The van der Waals surface area contributed by atoms with Crippen LogP contribution in [0.1, 0.15) is 6.92 Å². The summed E-state index contributed by atoms with van der Waals surface area (Å²) in [6.07, 6.45) is -35.9. The molecule has 20 atom stereocenters. The van der Waals surface area contributed by atoms with Gasteiger partial charge in [0.25, 0.3) is 0 Å². The van der Waals surface area contributed by atoms with E-state index >= 15 is 0 Å². The molecule has 4 rings (SSSR count). The van der Waals surface area contributed by atoms with Gasteiger partial charge in [-0.3, -0.25) is 4.79 Å². The Balaban J connectivity index is 1.55. The Hall–Kier alpha value is -1.82. The first-order valence-electron chi connectivity index (χ1n) is 15.1. The zero-order valence-corrected chi connectivity index (χ0v) is 25.7. The third-order valence-electron chi connectivity index (χ3n) is 8.57. The lowest BCUT2D eigenvalue weighted by Crippen LogP contribution is -2.69. The first-order chi connectivity index (χ1) is 23.1. The van der Waals surface area contributed by atoms with Crippen LogP contribution in [-0.2, 0) is 42.7 Å². The van der Waals surface area contributed by atoms with Crippen LogP contribution in [0.3, 0.4) is 0 Å². The number of hydrogen-bond acceptors (Lipinski definition) is 21. The van der Waals surface area contributed by atoms with E-state index in [2.05, 4.69) is 5.32 Å². The van der Waals surface area contributed by atoms with E-state index in [0.29, 0.717) is 0 Å². The van der Waals surface area contributed by atoms with Crippen molar-refractivity contribution >= 4 is 11.9 Å². The van der Waals surface area contributed by atoms with Gasteiger partial charge < -0.3 is 105 Å². The van der Waals surface area contributed by atoms with Gasteiger partial charge in [-0.1, -0.05) is 0 Å². The van der Waals surface area contributed by atoms with Crippen LogP contribution in [0.15, 0.2) is 0 Å². The van der Waals surface area contributed by atoms with Crippen molar-refractivity contribution in [1.29, 1.82) is 0 Å². The Morgan fingerprint density at radius 3 is 1.65 bits per heavy atom. The summed E-state index contributed by atoms with van der Waals surface area (Å²) in [5.74, 6) is -2.52. The summed E-state index contributed by atoms with van der Waals surface area (Å²) < 4.78 is 37.9. The highest BCUT2D eigenvalue weighted by atomic mass is 16.8. The van der Waals surface area contributed by atoms with Gasteiger partial charge in [-0.2, -0.15) is 0 Å². The Labute approximate surface area is 276 Å².